The molecule has 0 radical (unpaired) electrons. The van der Waals surface area contributed by atoms with Crippen molar-refractivity contribution < 1.29 is 19.5 Å². The number of rotatable bonds is 9. The van der Waals surface area contributed by atoms with E-state index >= 15 is 0 Å². The van der Waals surface area contributed by atoms with Gasteiger partial charge in [-0.2, -0.15) is 0 Å². The van der Waals surface area contributed by atoms with Gasteiger partial charge < -0.3 is 21.1 Å². The van der Waals surface area contributed by atoms with Gasteiger partial charge in [-0.05, 0) is 79.3 Å². The summed E-state index contributed by atoms with van der Waals surface area (Å²) in [4.78, 5) is 42.9. The van der Waals surface area contributed by atoms with Crippen molar-refractivity contribution in [2.75, 3.05) is 11.9 Å². The molecule has 10 heteroatoms. The van der Waals surface area contributed by atoms with Crippen LogP contribution in [0.3, 0.4) is 0 Å². The first-order valence-electron chi connectivity index (χ1n) is 15.0. The molecule has 1 aromatic heterocycles. The highest BCUT2D eigenvalue weighted by atomic mass is 16.3. The van der Waals surface area contributed by atoms with Crippen LogP contribution in [0.15, 0.2) is 67.0 Å². The number of hydrogen-bond donors (Lipinski definition) is 5. The summed E-state index contributed by atoms with van der Waals surface area (Å²) in [6, 6.07) is 17.3. The fraction of sp³-hybridized carbons (Fsp3) is 0.412. The van der Waals surface area contributed by atoms with E-state index < -0.39 is 17.7 Å². The highest BCUT2D eigenvalue weighted by molar-refractivity contribution is 6.02. The Labute approximate surface area is 258 Å². The van der Waals surface area contributed by atoms with Gasteiger partial charge in [0.05, 0.1) is 0 Å². The van der Waals surface area contributed by atoms with Crippen molar-refractivity contribution >= 4 is 23.5 Å². The average molecular weight is 599 g/mol. The van der Waals surface area contributed by atoms with Gasteiger partial charge in [0.15, 0.2) is 0 Å². The number of aliphatic hydroxyl groups is 1. The van der Waals surface area contributed by atoms with E-state index in [0.29, 0.717) is 25.2 Å². The quantitative estimate of drug-likeness (QED) is 0.233. The van der Waals surface area contributed by atoms with Gasteiger partial charge in [0.2, 0.25) is 11.8 Å². The van der Waals surface area contributed by atoms with Crippen molar-refractivity contribution in [2.45, 2.75) is 83.3 Å². The van der Waals surface area contributed by atoms with Crippen molar-refractivity contribution in [2.24, 2.45) is 0 Å². The van der Waals surface area contributed by atoms with E-state index in [4.69, 9.17) is 0 Å². The summed E-state index contributed by atoms with van der Waals surface area (Å²) in [6.07, 6.45) is 3.24. The van der Waals surface area contributed by atoms with Gasteiger partial charge in [-0.3, -0.25) is 24.8 Å². The SMILES string of the molecule is CC(C)(CNC(C)(C)c1ccncc1)c1ccc(NC(=O)NCc2ccc3c(c2)CN(C2(C)CCC(=O)NC2=O)C3O)cc1. The number of carbonyl (C=O) groups is 3. The molecule has 2 aliphatic heterocycles. The molecule has 5 rings (SSSR count). The summed E-state index contributed by atoms with van der Waals surface area (Å²) in [6.45, 7) is 11.9. The van der Waals surface area contributed by atoms with E-state index in [0.717, 1.165) is 28.8 Å². The van der Waals surface area contributed by atoms with Gasteiger partial charge in [0.25, 0.3) is 0 Å². The Kier molecular flexibility index (Phi) is 8.62. The largest absolute Gasteiger partial charge is 0.374 e. The Hall–Kier alpha value is -4.12. The van der Waals surface area contributed by atoms with Crippen LogP contribution in [0.5, 0.6) is 0 Å². The third-order valence-electron chi connectivity index (χ3n) is 9.09. The number of aliphatic hydroxyl groups excluding tert-OH is 1. The summed E-state index contributed by atoms with van der Waals surface area (Å²) in [7, 11) is 0. The number of fused-ring (bicyclic) bond motifs is 1. The zero-order chi connectivity index (χ0) is 31.7. The zero-order valence-electron chi connectivity index (χ0n) is 26.0. The van der Waals surface area contributed by atoms with Crippen molar-refractivity contribution in [3.8, 4) is 0 Å². The van der Waals surface area contributed by atoms with E-state index in [2.05, 4.69) is 53.9 Å². The maximum atomic E-state index is 12.7. The molecule has 1 saturated heterocycles. The number of nitrogens with one attached hydrogen (secondary N) is 4. The predicted octanol–water partition coefficient (Wildman–Crippen LogP) is 4.21. The fourth-order valence-electron chi connectivity index (χ4n) is 5.89. The lowest BCUT2D eigenvalue weighted by molar-refractivity contribution is -0.151. The number of benzene rings is 2. The van der Waals surface area contributed by atoms with Crippen LogP contribution in [0.25, 0.3) is 0 Å². The maximum Gasteiger partial charge on any atom is 0.319 e. The van der Waals surface area contributed by atoms with Crippen molar-refractivity contribution in [3.63, 3.8) is 0 Å². The number of aromatic nitrogens is 1. The van der Waals surface area contributed by atoms with Crippen LogP contribution in [0, 0.1) is 0 Å². The standard InChI is InChI=1S/C34H42N6O4/c1-32(2,21-37-33(3,4)25-13-16-35-17-14-25)24-7-9-26(10-8-24)38-31(44)36-19-22-6-11-27-23(18-22)20-40(29(27)42)34(5)15-12-28(41)39-30(34)43/h6-11,13-14,16-18,29,37,42H,12,15,19-21H2,1-5H3,(H2,36,38,44)(H,39,41,43). The number of urea groups is 1. The van der Waals surface area contributed by atoms with Crippen LogP contribution < -0.4 is 21.3 Å². The molecule has 44 heavy (non-hydrogen) atoms. The van der Waals surface area contributed by atoms with Crippen LogP contribution in [0.4, 0.5) is 10.5 Å². The summed E-state index contributed by atoms with van der Waals surface area (Å²) in [5.41, 5.74) is 4.18. The maximum absolute atomic E-state index is 12.7. The molecule has 0 spiro atoms. The Morgan fingerprint density at radius 1 is 1.05 bits per heavy atom. The number of piperidine rings is 1. The number of imide groups is 1. The van der Waals surface area contributed by atoms with E-state index in [1.165, 1.54) is 5.56 Å². The molecular weight excluding hydrogens is 556 g/mol. The Bertz CT molecular complexity index is 1540. The zero-order valence-corrected chi connectivity index (χ0v) is 26.0. The first-order chi connectivity index (χ1) is 20.8. The predicted molar refractivity (Wildman–Crippen MR) is 168 cm³/mol. The van der Waals surface area contributed by atoms with Gasteiger partial charge in [-0.1, -0.05) is 44.2 Å². The molecule has 3 heterocycles. The van der Waals surface area contributed by atoms with Crippen LogP contribution in [0.1, 0.15) is 81.5 Å². The summed E-state index contributed by atoms with van der Waals surface area (Å²) < 4.78 is 0. The van der Waals surface area contributed by atoms with Crippen molar-refractivity contribution in [3.05, 3.63) is 94.8 Å². The van der Waals surface area contributed by atoms with Gasteiger partial charge in [0, 0.05) is 55.1 Å². The second kappa shape index (κ2) is 12.1. The normalized spacial score (nSPS) is 20.6. The van der Waals surface area contributed by atoms with Gasteiger partial charge in [0.1, 0.15) is 11.8 Å². The second-order valence-corrected chi connectivity index (χ2v) is 13.2. The lowest BCUT2D eigenvalue weighted by atomic mass is 9.83. The minimum Gasteiger partial charge on any atom is -0.374 e. The molecule has 4 amide bonds. The lowest BCUT2D eigenvalue weighted by Gasteiger charge is -2.41. The molecule has 10 nitrogen and oxygen atoms in total. The van der Waals surface area contributed by atoms with Crippen LogP contribution >= 0.6 is 0 Å². The fourth-order valence-corrected chi connectivity index (χ4v) is 5.89. The van der Waals surface area contributed by atoms with E-state index in [1.54, 1.807) is 11.8 Å². The molecule has 0 bridgehead atoms. The second-order valence-electron chi connectivity index (χ2n) is 13.2. The average Bonchev–Trinajstić information content (AvgIpc) is 3.34. The molecule has 0 aliphatic carbocycles. The summed E-state index contributed by atoms with van der Waals surface area (Å²) in [5.74, 6) is -0.684. The van der Waals surface area contributed by atoms with Crippen molar-refractivity contribution in [1.82, 2.24) is 25.8 Å². The Morgan fingerprint density at radius 2 is 1.75 bits per heavy atom. The topological polar surface area (TPSA) is 136 Å². The molecule has 2 atom stereocenters. The monoisotopic (exact) mass is 598 g/mol. The van der Waals surface area contributed by atoms with Crippen LogP contribution in [-0.2, 0) is 33.6 Å². The van der Waals surface area contributed by atoms with E-state index in [1.807, 2.05) is 67.0 Å². The van der Waals surface area contributed by atoms with Gasteiger partial charge in [-0.25, -0.2) is 4.79 Å². The number of anilines is 1. The minimum absolute atomic E-state index is 0.141. The Balaban J connectivity index is 1.14. The number of amides is 4. The lowest BCUT2D eigenvalue weighted by Crippen LogP contribution is -2.60. The number of hydrogen-bond acceptors (Lipinski definition) is 7. The molecule has 232 valence electrons. The molecule has 5 N–H and O–H groups in total. The molecule has 2 aromatic carbocycles. The number of carbonyl (C=O) groups excluding carboxylic acids is 3. The first-order valence-corrected chi connectivity index (χ1v) is 15.0. The molecule has 2 unspecified atom stereocenters. The third kappa shape index (κ3) is 6.52. The smallest absolute Gasteiger partial charge is 0.319 e. The summed E-state index contributed by atoms with van der Waals surface area (Å²) in [5, 5.41) is 22.8. The molecule has 0 saturated carbocycles. The molecule has 3 aromatic rings. The number of nitrogens with zero attached hydrogens (tertiary/aromatic N) is 2. The van der Waals surface area contributed by atoms with Gasteiger partial charge in [-0.15, -0.1) is 0 Å². The first kappa shape index (κ1) is 31.3. The van der Waals surface area contributed by atoms with Gasteiger partial charge >= 0.3 is 6.03 Å². The van der Waals surface area contributed by atoms with Crippen molar-refractivity contribution in [1.29, 1.82) is 0 Å². The molecular formula is C34H42N6O4. The van der Waals surface area contributed by atoms with Crippen LogP contribution in [0.2, 0.25) is 0 Å². The number of pyridine rings is 1. The highest BCUT2D eigenvalue weighted by Crippen LogP contribution is 2.40. The van der Waals surface area contributed by atoms with E-state index in [9.17, 15) is 19.5 Å². The highest BCUT2D eigenvalue weighted by Gasteiger charge is 2.48. The van der Waals surface area contributed by atoms with E-state index in [-0.39, 0.29) is 29.3 Å². The Morgan fingerprint density at radius 3 is 2.43 bits per heavy atom. The van der Waals surface area contributed by atoms with Crippen LogP contribution in [-0.4, -0.2) is 44.9 Å². The molecule has 1 fully saturated rings. The minimum atomic E-state index is -0.984. The summed E-state index contributed by atoms with van der Waals surface area (Å²) >= 11 is 0. The third-order valence-corrected chi connectivity index (χ3v) is 9.09. The molecule has 2 aliphatic rings.